The number of aromatic nitrogens is 2. The molecule has 2 rings (SSSR count). The highest BCUT2D eigenvalue weighted by molar-refractivity contribution is 5.60. The maximum atomic E-state index is 12.7. The highest BCUT2D eigenvalue weighted by Crippen LogP contribution is 2.31. The Balaban J connectivity index is 2.58. The van der Waals surface area contributed by atoms with Crippen LogP contribution in [0.5, 0.6) is 0 Å². The molecule has 0 fully saturated rings. The van der Waals surface area contributed by atoms with Gasteiger partial charge in [-0.2, -0.15) is 13.2 Å². The summed E-state index contributed by atoms with van der Waals surface area (Å²) in [4.78, 5) is 3.72. The number of aryl methyl sites for hydroxylation is 2. The second-order valence-corrected chi connectivity index (χ2v) is 4.05. The Morgan fingerprint density at radius 3 is 2.44 bits per heavy atom. The van der Waals surface area contributed by atoms with Gasteiger partial charge in [-0.1, -0.05) is 24.3 Å². The van der Waals surface area contributed by atoms with E-state index in [0.717, 1.165) is 17.3 Å². The topological polar surface area (TPSA) is 17.8 Å². The average molecular weight is 254 g/mol. The van der Waals surface area contributed by atoms with Crippen molar-refractivity contribution in [3.05, 3.63) is 41.7 Å². The molecule has 0 aliphatic rings. The molecule has 2 nitrogen and oxygen atoms in total. The van der Waals surface area contributed by atoms with Crippen LogP contribution < -0.4 is 0 Å². The minimum absolute atomic E-state index is 0.364. The smallest absolute Gasteiger partial charge is 0.331 e. The van der Waals surface area contributed by atoms with E-state index in [1.165, 1.54) is 4.57 Å². The molecule has 0 aliphatic heterocycles. The van der Waals surface area contributed by atoms with E-state index in [4.69, 9.17) is 0 Å². The van der Waals surface area contributed by atoms with Gasteiger partial charge in [-0.05, 0) is 19.4 Å². The quantitative estimate of drug-likeness (QED) is 0.794. The third-order valence-corrected chi connectivity index (χ3v) is 2.79. The van der Waals surface area contributed by atoms with Gasteiger partial charge >= 0.3 is 6.18 Å². The molecule has 2 aromatic rings. The number of imidazole rings is 1. The summed E-state index contributed by atoms with van der Waals surface area (Å²) in [5.74, 6) is 0.364. The third-order valence-electron chi connectivity index (χ3n) is 2.79. The van der Waals surface area contributed by atoms with Crippen molar-refractivity contribution in [2.24, 2.45) is 0 Å². The van der Waals surface area contributed by atoms with Gasteiger partial charge in [-0.25, -0.2) is 4.98 Å². The number of hydrogen-bond donors (Lipinski definition) is 0. The average Bonchev–Trinajstić information content (AvgIpc) is 2.73. The molecule has 1 aromatic heterocycles. The van der Waals surface area contributed by atoms with E-state index >= 15 is 0 Å². The van der Waals surface area contributed by atoms with Crippen molar-refractivity contribution >= 4 is 0 Å². The van der Waals surface area contributed by atoms with Gasteiger partial charge in [0.25, 0.3) is 0 Å². The Kier molecular flexibility index (Phi) is 3.15. The van der Waals surface area contributed by atoms with Gasteiger partial charge in [0.2, 0.25) is 0 Å². The maximum Gasteiger partial charge on any atom is 0.434 e. The molecule has 1 aromatic carbocycles. The lowest BCUT2D eigenvalue weighted by atomic mass is 10.1. The summed E-state index contributed by atoms with van der Waals surface area (Å²) >= 11 is 0. The van der Waals surface area contributed by atoms with E-state index in [1.54, 1.807) is 19.1 Å². The highest BCUT2D eigenvalue weighted by Gasteiger charge is 2.34. The normalized spacial score (nSPS) is 11.8. The Hall–Kier alpha value is -1.78. The lowest BCUT2D eigenvalue weighted by molar-refractivity contribution is -0.140. The van der Waals surface area contributed by atoms with E-state index in [9.17, 15) is 13.2 Å². The van der Waals surface area contributed by atoms with E-state index < -0.39 is 11.9 Å². The lowest BCUT2D eigenvalue weighted by Gasteiger charge is -2.06. The van der Waals surface area contributed by atoms with E-state index in [-0.39, 0.29) is 0 Å². The SMILES string of the molecule is CCn1cc(C(F)(F)F)nc1-c1ccccc1C. The molecule has 0 amide bonds. The van der Waals surface area contributed by atoms with E-state index in [0.29, 0.717) is 12.4 Å². The van der Waals surface area contributed by atoms with Gasteiger partial charge in [0, 0.05) is 18.3 Å². The predicted molar refractivity (Wildman–Crippen MR) is 63.1 cm³/mol. The molecular weight excluding hydrogens is 241 g/mol. The first-order valence-corrected chi connectivity index (χ1v) is 5.64. The fraction of sp³-hybridized carbons (Fsp3) is 0.308. The fourth-order valence-corrected chi connectivity index (χ4v) is 1.83. The second kappa shape index (κ2) is 4.48. The first kappa shape index (κ1) is 12.7. The first-order valence-electron chi connectivity index (χ1n) is 5.64. The lowest BCUT2D eigenvalue weighted by Crippen LogP contribution is -2.05. The van der Waals surface area contributed by atoms with Crippen LogP contribution >= 0.6 is 0 Å². The van der Waals surface area contributed by atoms with Crippen LogP contribution in [0.4, 0.5) is 13.2 Å². The summed E-state index contributed by atoms with van der Waals surface area (Å²) in [5.41, 5.74) is 0.795. The third kappa shape index (κ3) is 2.25. The van der Waals surface area contributed by atoms with Gasteiger partial charge in [-0.3, -0.25) is 0 Å². The molecule has 0 saturated carbocycles. The number of alkyl halides is 3. The molecule has 0 radical (unpaired) electrons. The van der Waals surface area contributed by atoms with Gasteiger partial charge in [-0.15, -0.1) is 0 Å². The number of rotatable bonds is 2. The van der Waals surface area contributed by atoms with E-state index in [1.807, 2.05) is 19.1 Å². The Morgan fingerprint density at radius 2 is 1.89 bits per heavy atom. The van der Waals surface area contributed by atoms with Crippen LogP contribution in [0.2, 0.25) is 0 Å². The molecule has 0 saturated heterocycles. The summed E-state index contributed by atoms with van der Waals surface area (Å²) in [6, 6.07) is 7.29. The summed E-state index contributed by atoms with van der Waals surface area (Å²) in [6.45, 7) is 4.10. The maximum absolute atomic E-state index is 12.7. The minimum atomic E-state index is -4.40. The molecule has 96 valence electrons. The Labute approximate surface area is 103 Å². The van der Waals surface area contributed by atoms with Gasteiger partial charge in [0.05, 0.1) is 0 Å². The van der Waals surface area contributed by atoms with Crippen molar-refractivity contribution in [2.45, 2.75) is 26.6 Å². The molecule has 0 unspecified atom stereocenters. The van der Waals surface area contributed by atoms with Crippen molar-refractivity contribution < 1.29 is 13.2 Å². The minimum Gasteiger partial charge on any atom is -0.331 e. The van der Waals surface area contributed by atoms with Crippen LogP contribution in [-0.2, 0) is 12.7 Å². The van der Waals surface area contributed by atoms with Gasteiger partial charge < -0.3 is 4.57 Å². The molecular formula is C13H13F3N2. The molecule has 0 spiro atoms. The number of nitrogens with zero attached hydrogens (tertiary/aromatic N) is 2. The van der Waals surface area contributed by atoms with Crippen molar-refractivity contribution in [1.82, 2.24) is 9.55 Å². The predicted octanol–water partition coefficient (Wildman–Crippen LogP) is 3.90. The van der Waals surface area contributed by atoms with Crippen molar-refractivity contribution in [1.29, 1.82) is 0 Å². The molecule has 0 N–H and O–H groups in total. The van der Waals surface area contributed by atoms with Crippen LogP contribution in [0.1, 0.15) is 18.2 Å². The number of hydrogen-bond acceptors (Lipinski definition) is 1. The van der Waals surface area contributed by atoms with Crippen LogP contribution in [0.3, 0.4) is 0 Å². The summed E-state index contributed by atoms with van der Waals surface area (Å²) in [7, 11) is 0. The van der Waals surface area contributed by atoms with Crippen LogP contribution in [0.25, 0.3) is 11.4 Å². The zero-order chi connectivity index (χ0) is 13.3. The number of halogens is 3. The summed E-state index contributed by atoms with van der Waals surface area (Å²) in [5, 5.41) is 0. The van der Waals surface area contributed by atoms with Gasteiger partial charge in [0.1, 0.15) is 5.82 Å². The zero-order valence-electron chi connectivity index (χ0n) is 10.1. The first-order chi connectivity index (χ1) is 8.43. The van der Waals surface area contributed by atoms with Crippen LogP contribution in [0.15, 0.2) is 30.5 Å². The monoisotopic (exact) mass is 254 g/mol. The highest BCUT2D eigenvalue weighted by atomic mass is 19.4. The van der Waals surface area contributed by atoms with Crippen molar-refractivity contribution in [3.63, 3.8) is 0 Å². The molecule has 0 atom stereocenters. The molecule has 0 bridgehead atoms. The summed E-state index contributed by atoms with van der Waals surface area (Å²) in [6.07, 6.45) is -3.35. The van der Waals surface area contributed by atoms with E-state index in [2.05, 4.69) is 4.98 Å². The Morgan fingerprint density at radius 1 is 1.22 bits per heavy atom. The second-order valence-electron chi connectivity index (χ2n) is 4.05. The standard InChI is InChI=1S/C13H13F3N2/c1-3-18-8-11(13(14,15)16)17-12(18)10-7-5-4-6-9(10)2/h4-8H,3H2,1-2H3. The summed E-state index contributed by atoms with van der Waals surface area (Å²) < 4.78 is 39.5. The zero-order valence-corrected chi connectivity index (χ0v) is 10.1. The molecule has 5 heteroatoms. The largest absolute Gasteiger partial charge is 0.434 e. The van der Waals surface area contributed by atoms with Crippen LogP contribution in [-0.4, -0.2) is 9.55 Å². The molecule has 1 heterocycles. The fourth-order valence-electron chi connectivity index (χ4n) is 1.83. The van der Waals surface area contributed by atoms with Gasteiger partial charge in [0.15, 0.2) is 5.69 Å². The number of benzene rings is 1. The van der Waals surface area contributed by atoms with Crippen molar-refractivity contribution in [2.75, 3.05) is 0 Å². The van der Waals surface area contributed by atoms with Crippen molar-refractivity contribution in [3.8, 4) is 11.4 Å². The Bertz CT molecular complexity index is 556. The molecule has 18 heavy (non-hydrogen) atoms. The molecule has 0 aliphatic carbocycles. The van der Waals surface area contributed by atoms with Crippen LogP contribution in [0, 0.1) is 6.92 Å².